The van der Waals surface area contributed by atoms with Crippen LogP contribution in [0.3, 0.4) is 0 Å². The van der Waals surface area contributed by atoms with E-state index in [-0.39, 0.29) is 0 Å². The van der Waals surface area contributed by atoms with Crippen LogP contribution in [0.1, 0.15) is 33.1 Å². The van der Waals surface area contributed by atoms with Crippen molar-refractivity contribution in [3.63, 3.8) is 0 Å². The molecule has 82 valence electrons. The zero-order chi connectivity index (χ0) is 10.6. The molecule has 0 spiro atoms. The van der Waals surface area contributed by atoms with Crippen molar-refractivity contribution in [2.75, 3.05) is 19.6 Å². The summed E-state index contributed by atoms with van der Waals surface area (Å²) in [5, 5.41) is 21.4. The smallest absolute Gasteiger partial charge is 0.0603 e. The number of hydrogen-bond acceptors (Lipinski definition) is 4. The predicted octanol–water partition coefficient (Wildman–Crippen LogP) is 1.07. The van der Waals surface area contributed by atoms with Gasteiger partial charge in [-0.1, -0.05) is 5.16 Å². The van der Waals surface area contributed by atoms with E-state index in [1.165, 1.54) is 0 Å². The highest BCUT2D eigenvalue weighted by Gasteiger charge is 2.18. The Hall–Kier alpha value is -0.610. The van der Waals surface area contributed by atoms with Crippen molar-refractivity contribution in [2.24, 2.45) is 5.16 Å². The van der Waals surface area contributed by atoms with Crippen LogP contribution in [0.4, 0.5) is 0 Å². The summed E-state index contributed by atoms with van der Waals surface area (Å²) in [6.45, 7) is 6.46. The number of nitrogens with zero attached hydrogens (tertiary/aromatic N) is 2. The zero-order valence-corrected chi connectivity index (χ0v) is 9.03. The second-order valence-electron chi connectivity index (χ2n) is 4.57. The van der Waals surface area contributed by atoms with E-state index >= 15 is 0 Å². The Morgan fingerprint density at radius 2 is 1.93 bits per heavy atom. The van der Waals surface area contributed by atoms with Crippen LogP contribution in [0.5, 0.6) is 0 Å². The van der Waals surface area contributed by atoms with Crippen LogP contribution in [-0.2, 0) is 0 Å². The zero-order valence-electron chi connectivity index (χ0n) is 9.03. The molecule has 1 fully saturated rings. The Morgan fingerprint density at radius 3 is 2.36 bits per heavy atom. The summed E-state index contributed by atoms with van der Waals surface area (Å²) in [6, 6.07) is 0. The number of hydrogen-bond donors (Lipinski definition) is 2. The molecule has 2 N–H and O–H groups in total. The lowest BCUT2D eigenvalue weighted by Crippen LogP contribution is -2.37. The molecule has 14 heavy (non-hydrogen) atoms. The third-order valence-electron chi connectivity index (χ3n) is 2.61. The molecule has 1 aliphatic heterocycles. The van der Waals surface area contributed by atoms with Gasteiger partial charge in [-0.15, -0.1) is 0 Å². The van der Waals surface area contributed by atoms with Gasteiger partial charge in [-0.2, -0.15) is 0 Å². The van der Waals surface area contributed by atoms with Gasteiger partial charge in [0.25, 0.3) is 0 Å². The minimum atomic E-state index is -0.578. The third-order valence-corrected chi connectivity index (χ3v) is 2.61. The fourth-order valence-corrected chi connectivity index (χ4v) is 1.57. The van der Waals surface area contributed by atoms with Gasteiger partial charge in [0.15, 0.2) is 0 Å². The van der Waals surface area contributed by atoms with Gasteiger partial charge in [0, 0.05) is 32.5 Å². The Labute approximate surface area is 85.2 Å². The molecule has 0 bridgehead atoms. The van der Waals surface area contributed by atoms with E-state index in [0.717, 1.165) is 44.6 Å². The highest BCUT2D eigenvalue weighted by molar-refractivity contribution is 5.84. The summed E-state index contributed by atoms with van der Waals surface area (Å²) in [5.41, 5.74) is 0.315. The van der Waals surface area contributed by atoms with Crippen molar-refractivity contribution in [3.05, 3.63) is 0 Å². The van der Waals surface area contributed by atoms with Crippen LogP contribution in [0.15, 0.2) is 5.16 Å². The average Bonchev–Trinajstić information content (AvgIpc) is 2.14. The summed E-state index contributed by atoms with van der Waals surface area (Å²) in [4.78, 5) is 2.30. The number of rotatable bonds is 3. The molecular weight excluding hydrogens is 180 g/mol. The highest BCUT2D eigenvalue weighted by Crippen LogP contribution is 2.12. The number of likely N-dealkylation sites (tertiary alicyclic amines) is 1. The van der Waals surface area contributed by atoms with Crippen molar-refractivity contribution >= 4 is 5.71 Å². The SMILES string of the molecule is CC(C)(O)CCN1CCC(=NO)CC1. The molecule has 0 amide bonds. The van der Waals surface area contributed by atoms with Crippen molar-refractivity contribution in [1.29, 1.82) is 0 Å². The molecule has 1 rings (SSSR count). The predicted molar refractivity (Wildman–Crippen MR) is 55.8 cm³/mol. The summed E-state index contributed by atoms with van der Waals surface area (Å²) < 4.78 is 0. The highest BCUT2D eigenvalue weighted by atomic mass is 16.4. The fourth-order valence-electron chi connectivity index (χ4n) is 1.57. The monoisotopic (exact) mass is 200 g/mol. The van der Waals surface area contributed by atoms with E-state index in [0.29, 0.717) is 0 Å². The van der Waals surface area contributed by atoms with Crippen LogP contribution in [0, 0.1) is 0 Å². The third kappa shape index (κ3) is 4.07. The quantitative estimate of drug-likeness (QED) is 0.529. The summed E-state index contributed by atoms with van der Waals surface area (Å²) in [5.74, 6) is 0. The normalized spacial score (nSPS) is 19.8. The fraction of sp³-hybridized carbons (Fsp3) is 0.900. The summed E-state index contributed by atoms with van der Waals surface area (Å²) in [7, 11) is 0. The van der Waals surface area contributed by atoms with Crippen molar-refractivity contribution in [1.82, 2.24) is 4.90 Å². The van der Waals surface area contributed by atoms with Gasteiger partial charge in [0.1, 0.15) is 0 Å². The topological polar surface area (TPSA) is 56.1 Å². The summed E-state index contributed by atoms with van der Waals surface area (Å²) >= 11 is 0. The molecule has 0 aromatic rings. The van der Waals surface area contributed by atoms with Gasteiger partial charge in [-0.25, -0.2) is 0 Å². The average molecular weight is 200 g/mol. The Bertz CT molecular complexity index is 199. The van der Waals surface area contributed by atoms with E-state index in [2.05, 4.69) is 10.1 Å². The largest absolute Gasteiger partial charge is 0.411 e. The van der Waals surface area contributed by atoms with Crippen LogP contribution in [-0.4, -0.2) is 46.2 Å². The van der Waals surface area contributed by atoms with E-state index in [4.69, 9.17) is 5.21 Å². The summed E-state index contributed by atoms with van der Waals surface area (Å²) in [6.07, 6.45) is 2.49. The van der Waals surface area contributed by atoms with Gasteiger partial charge in [0.2, 0.25) is 0 Å². The first-order valence-electron chi connectivity index (χ1n) is 5.16. The maximum atomic E-state index is 9.56. The second kappa shape index (κ2) is 4.75. The maximum absolute atomic E-state index is 9.56. The molecule has 0 aromatic heterocycles. The van der Waals surface area contributed by atoms with Crippen LogP contribution < -0.4 is 0 Å². The van der Waals surface area contributed by atoms with Crippen LogP contribution in [0.25, 0.3) is 0 Å². The number of piperidine rings is 1. The molecule has 0 aliphatic carbocycles. The molecule has 0 radical (unpaired) electrons. The second-order valence-corrected chi connectivity index (χ2v) is 4.57. The lowest BCUT2D eigenvalue weighted by Gasteiger charge is -2.29. The molecule has 0 aromatic carbocycles. The van der Waals surface area contributed by atoms with Gasteiger partial charge in [-0.05, 0) is 20.3 Å². The van der Waals surface area contributed by atoms with E-state index < -0.39 is 5.60 Å². The minimum absolute atomic E-state index is 0.578. The molecule has 4 heteroatoms. The van der Waals surface area contributed by atoms with Crippen LogP contribution in [0.2, 0.25) is 0 Å². The number of aliphatic hydroxyl groups is 1. The van der Waals surface area contributed by atoms with E-state index in [1.807, 2.05) is 13.8 Å². The van der Waals surface area contributed by atoms with E-state index in [9.17, 15) is 5.11 Å². The van der Waals surface area contributed by atoms with Crippen molar-refractivity contribution in [3.8, 4) is 0 Å². The molecule has 1 saturated heterocycles. The molecule has 4 nitrogen and oxygen atoms in total. The molecule has 0 unspecified atom stereocenters. The molecular formula is C10H20N2O2. The first-order valence-corrected chi connectivity index (χ1v) is 5.16. The number of oxime groups is 1. The van der Waals surface area contributed by atoms with E-state index in [1.54, 1.807) is 0 Å². The van der Waals surface area contributed by atoms with Gasteiger partial charge >= 0.3 is 0 Å². The van der Waals surface area contributed by atoms with Crippen molar-refractivity contribution < 1.29 is 10.3 Å². The minimum Gasteiger partial charge on any atom is -0.411 e. The van der Waals surface area contributed by atoms with Gasteiger partial charge in [-0.3, -0.25) is 0 Å². The Balaban J connectivity index is 2.23. The maximum Gasteiger partial charge on any atom is 0.0603 e. The van der Waals surface area contributed by atoms with Crippen LogP contribution >= 0.6 is 0 Å². The first-order chi connectivity index (χ1) is 6.51. The first kappa shape index (κ1) is 11.5. The van der Waals surface area contributed by atoms with Gasteiger partial charge in [0.05, 0.1) is 11.3 Å². The Morgan fingerprint density at radius 1 is 1.36 bits per heavy atom. The molecule has 0 saturated carbocycles. The standard InChI is InChI=1S/C10H20N2O2/c1-10(2,13)5-8-12-6-3-9(11-14)4-7-12/h13-14H,3-8H2,1-2H3. The molecule has 1 aliphatic rings. The van der Waals surface area contributed by atoms with Gasteiger partial charge < -0.3 is 15.2 Å². The molecule has 1 heterocycles. The lowest BCUT2D eigenvalue weighted by atomic mass is 10.0. The molecule has 0 atom stereocenters. The van der Waals surface area contributed by atoms with Crippen molar-refractivity contribution in [2.45, 2.75) is 38.7 Å². The Kier molecular flexibility index (Phi) is 3.89. The lowest BCUT2D eigenvalue weighted by molar-refractivity contribution is 0.0574.